The Labute approximate surface area is 180 Å². The van der Waals surface area contributed by atoms with Gasteiger partial charge in [0.15, 0.2) is 5.79 Å². The maximum absolute atomic E-state index is 12.7. The van der Waals surface area contributed by atoms with Crippen molar-refractivity contribution in [2.24, 2.45) is 0 Å². The fourth-order valence-electron chi connectivity index (χ4n) is 3.47. The number of amides is 1. The lowest BCUT2D eigenvalue weighted by Crippen LogP contribution is -2.34. The minimum Gasteiger partial charge on any atom is -0.420 e. The van der Waals surface area contributed by atoms with Crippen LogP contribution in [-0.2, 0) is 9.47 Å². The highest BCUT2D eigenvalue weighted by Crippen LogP contribution is 2.26. The number of carbonyl (C=O) groups is 1. The van der Waals surface area contributed by atoms with Crippen LogP contribution in [0.25, 0.3) is 17.3 Å². The maximum atomic E-state index is 12.7. The summed E-state index contributed by atoms with van der Waals surface area (Å²) in [6.45, 7) is 10.5. The van der Waals surface area contributed by atoms with Crippen molar-refractivity contribution in [3.05, 3.63) is 47.5 Å². The van der Waals surface area contributed by atoms with E-state index in [2.05, 4.69) is 34.5 Å². The van der Waals surface area contributed by atoms with E-state index in [0.717, 1.165) is 11.4 Å². The summed E-state index contributed by atoms with van der Waals surface area (Å²) in [5.74, 6) is 0.256. The zero-order chi connectivity index (χ0) is 22.2. The molecule has 1 aromatic carbocycles. The van der Waals surface area contributed by atoms with Gasteiger partial charge in [0.2, 0.25) is 5.89 Å². The number of hydrogen-bond donors (Lipinski definition) is 1. The van der Waals surface area contributed by atoms with E-state index in [-0.39, 0.29) is 17.9 Å². The van der Waals surface area contributed by atoms with Crippen LogP contribution in [0.4, 0.5) is 0 Å². The predicted molar refractivity (Wildman–Crippen MR) is 113 cm³/mol. The normalized spacial score (nSPS) is 17.9. The van der Waals surface area contributed by atoms with E-state index in [1.165, 1.54) is 0 Å². The topological polar surface area (TPSA) is 104 Å². The summed E-state index contributed by atoms with van der Waals surface area (Å²) in [4.78, 5) is 12.7. The second-order valence-corrected chi connectivity index (χ2v) is 8.36. The molecule has 3 aromatic rings. The number of rotatable bonds is 6. The molecule has 2 aromatic heterocycles. The highest BCUT2D eigenvalue weighted by Gasteiger charge is 2.32. The number of nitrogens with zero attached hydrogens (tertiary/aromatic N) is 4. The first-order valence-electron chi connectivity index (χ1n) is 10.3. The fraction of sp³-hybridized carbons (Fsp3) is 0.455. The van der Waals surface area contributed by atoms with Gasteiger partial charge in [-0.25, -0.2) is 4.68 Å². The van der Waals surface area contributed by atoms with E-state index < -0.39 is 5.79 Å². The van der Waals surface area contributed by atoms with E-state index in [1.807, 2.05) is 42.8 Å². The van der Waals surface area contributed by atoms with Crippen molar-refractivity contribution in [3.8, 4) is 17.3 Å². The fourth-order valence-corrected chi connectivity index (χ4v) is 3.47. The van der Waals surface area contributed by atoms with Crippen molar-refractivity contribution >= 4 is 5.91 Å². The van der Waals surface area contributed by atoms with Gasteiger partial charge in [-0.2, -0.15) is 5.10 Å². The van der Waals surface area contributed by atoms with E-state index in [0.29, 0.717) is 36.2 Å². The number of aromatic nitrogens is 4. The number of hydrogen-bond acceptors (Lipinski definition) is 7. The molecule has 0 spiro atoms. The Hall–Kier alpha value is -3.04. The smallest absolute Gasteiger partial charge is 0.268 e. The highest BCUT2D eigenvalue weighted by atomic mass is 16.7. The molecule has 1 amide bonds. The average Bonchev–Trinajstić information content (AvgIpc) is 3.44. The Morgan fingerprint density at radius 1 is 1.29 bits per heavy atom. The molecule has 1 fully saturated rings. The summed E-state index contributed by atoms with van der Waals surface area (Å²) in [6, 6.07) is 9.27. The van der Waals surface area contributed by atoms with Gasteiger partial charge in [-0.1, -0.05) is 19.9 Å². The molecule has 9 nitrogen and oxygen atoms in total. The van der Waals surface area contributed by atoms with Crippen LogP contribution >= 0.6 is 0 Å². The Bertz CT molecular complexity index is 1090. The molecule has 9 heteroatoms. The molecule has 31 heavy (non-hydrogen) atoms. The quantitative estimate of drug-likeness (QED) is 0.646. The molecule has 164 valence electrons. The lowest BCUT2D eigenvalue weighted by molar-refractivity contribution is -0.137. The molecule has 0 radical (unpaired) electrons. The molecule has 0 aliphatic carbocycles. The highest BCUT2D eigenvalue weighted by molar-refractivity contribution is 5.94. The van der Waals surface area contributed by atoms with E-state index in [1.54, 1.807) is 13.0 Å². The van der Waals surface area contributed by atoms with Crippen LogP contribution in [0.2, 0.25) is 0 Å². The van der Waals surface area contributed by atoms with Crippen LogP contribution in [0.15, 0.2) is 34.7 Å². The summed E-state index contributed by atoms with van der Waals surface area (Å²) in [5, 5.41) is 15.5. The van der Waals surface area contributed by atoms with Crippen molar-refractivity contribution in [2.45, 2.75) is 52.4 Å². The number of ether oxygens (including phenoxy) is 2. The Morgan fingerprint density at radius 3 is 2.74 bits per heavy atom. The lowest BCUT2D eigenvalue weighted by Gasteiger charge is -2.17. The molecule has 1 aliphatic heterocycles. The molecular formula is C22H27N5O4. The monoisotopic (exact) mass is 425 g/mol. The first kappa shape index (κ1) is 21.2. The third-order valence-corrected chi connectivity index (χ3v) is 4.98. The number of carbonyl (C=O) groups excluding carboxylic acids is 1. The molecule has 0 unspecified atom stereocenters. The van der Waals surface area contributed by atoms with Crippen molar-refractivity contribution < 1.29 is 18.7 Å². The van der Waals surface area contributed by atoms with Crippen molar-refractivity contribution in [1.82, 2.24) is 25.3 Å². The Kier molecular flexibility index (Phi) is 5.63. The van der Waals surface area contributed by atoms with Gasteiger partial charge < -0.3 is 19.2 Å². The molecule has 1 atom stereocenters. The van der Waals surface area contributed by atoms with Gasteiger partial charge >= 0.3 is 0 Å². The van der Waals surface area contributed by atoms with Crippen LogP contribution in [0.5, 0.6) is 0 Å². The third kappa shape index (κ3) is 4.67. The molecule has 4 rings (SSSR count). The molecule has 3 heterocycles. The predicted octanol–water partition coefficient (Wildman–Crippen LogP) is 3.24. The maximum Gasteiger partial charge on any atom is 0.268 e. The SMILES string of the molecule is Cc1nnc(-c2cc(C(C)C)n(-c3cccc(C(=O)NC[C@H]4COC(C)(C)O4)c3)n2)o1. The van der Waals surface area contributed by atoms with Gasteiger partial charge in [0.1, 0.15) is 11.8 Å². The number of benzene rings is 1. The van der Waals surface area contributed by atoms with E-state index >= 15 is 0 Å². The molecule has 0 saturated carbocycles. The summed E-state index contributed by atoms with van der Waals surface area (Å²) >= 11 is 0. The Morgan fingerprint density at radius 2 is 2.10 bits per heavy atom. The van der Waals surface area contributed by atoms with Gasteiger partial charge in [-0.05, 0) is 44.0 Å². The standard InChI is InChI=1S/C22H27N5O4/c1-13(2)19-10-18(21-25-24-14(3)30-21)26-27(19)16-8-6-7-15(9-16)20(28)23-11-17-12-29-22(4,5)31-17/h6-10,13,17H,11-12H2,1-5H3,(H,23,28)/t17-/m0/s1. The van der Waals surface area contributed by atoms with Gasteiger partial charge in [0.05, 0.1) is 12.3 Å². The molecule has 1 saturated heterocycles. The van der Waals surface area contributed by atoms with Crippen LogP contribution < -0.4 is 5.32 Å². The van der Waals surface area contributed by atoms with Crippen molar-refractivity contribution in [1.29, 1.82) is 0 Å². The minimum absolute atomic E-state index is 0.166. The van der Waals surface area contributed by atoms with Crippen LogP contribution in [0.3, 0.4) is 0 Å². The first-order chi connectivity index (χ1) is 14.7. The molecule has 1 aliphatic rings. The average molecular weight is 425 g/mol. The second kappa shape index (κ2) is 8.24. The lowest BCUT2D eigenvalue weighted by atomic mass is 10.1. The summed E-state index contributed by atoms with van der Waals surface area (Å²) < 4.78 is 18.6. The zero-order valence-corrected chi connectivity index (χ0v) is 18.4. The second-order valence-electron chi connectivity index (χ2n) is 8.36. The first-order valence-corrected chi connectivity index (χ1v) is 10.3. The van der Waals surface area contributed by atoms with E-state index in [9.17, 15) is 4.79 Å². The zero-order valence-electron chi connectivity index (χ0n) is 18.4. The molecule has 1 N–H and O–H groups in total. The van der Waals surface area contributed by atoms with Crippen molar-refractivity contribution in [3.63, 3.8) is 0 Å². The van der Waals surface area contributed by atoms with Gasteiger partial charge in [-0.15, -0.1) is 10.2 Å². The number of aryl methyl sites for hydroxylation is 1. The summed E-state index contributed by atoms with van der Waals surface area (Å²) in [7, 11) is 0. The van der Waals surface area contributed by atoms with Gasteiger partial charge in [0, 0.05) is 24.7 Å². The minimum atomic E-state index is -0.614. The summed E-state index contributed by atoms with van der Waals surface area (Å²) in [6.07, 6.45) is -0.166. The third-order valence-electron chi connectivity index (χ3n) is 4.98. The largest absolute Gasteiger partial charge is 0.420 e. The Balaban J connectivity index is 1.55. The summed E-state index contributed by atoms with van der Waals surface area (Å²) in [5.41, 5.74) is 2.89. The van der Waals surface area contributed by atoms with Crippen molar-refractivity contribution in [2.75, 3.05) is 13.2 Å². The van der Waals surface area contributed by atoms with Crippen LogP contribution in [0.1, 0.15) is 55.6 Å². The van der Waals surface area contributed by atoms with Crippen LogP contribution in [0, 0.1) is 6.92 Å². The molecule has 0 bridgehead atoms. The number of nitrogens with one attached hydrogen (secondary N) is 1. The van der Waals surface area contributed by atoms with Gasteiger partial charge in [-0.3, -0.25) is 4.79 Å². The van der Waals surface area contributed by atoms with E-state index in [4.69, 9.17) is 13.9 Å². The molecular weight excluding hydrogens is 398 g/mol. The van der Waals surface area contributed by atoms with Gasteiger partial charge in [0.25, 0.3) is 11.8 Å². The van der Waals surface area contributed by atoms with Crippen LogP contribution in [-0.4, -0.2) is 50.9 Å².